The van der Waals surface area contributed by atoms with E-state index in [1.54, 1.807) is 12.1 Å². The molecule has 0 radical (unpaired) electrons. The van der Waals surface area contributed by atoms with E-state index < -0.39 is 23.1 Å². The summed E-state index contributed by atoms with van der Waals surface area (Å²) >= 11 is -2.65. The van der Waals surface area contributed by atoms with Crippen molar-refractivity contribution >= 4 is 28.7 Å². The van der Waals surface area contributed by atoms with Crippen molar-refractivity contribution in [3.05, 3.63) is 29.8 Å². The topological polar surface area (TPSA) is 83.9 Å². The number of anilines is 1. The van der Waals surface area contributed by atoms with Crippen LogP contribution in [-0.4, -0.2) is 20.5 Å². The molecule has 7 heteroatoms. The van der Waals surface area contributed by atoms with E-state index >= 15 is 0 Å². The van der Waals surface area contributed by atoms with E-state index in [-0.39, 0.29) is 11.3 Å². The molecule has 1 unspecified atom stereocenters. The quantitative estimate of drug-likeness (QED) is 0.579. The van der Waals surface area contributed by atoms with Crippen molar-refractivity contribution in [2.45, 2.75) is 0 Å². The molecule has 1 N–H and O–H groups in total. The van der Waals surface area contributed by atoms with E-state index in [9.17, 15) is 13.8 Å². The zero-order valence-corrected chi connectivity index (χ0v) is 8.06. The Bertz CT molecular complexity index is 472. The van der Waals surface area contributed by atoms with E-state index in [1.165, 1.54) is 12.1 Å². The third-order valence-electron chi connectivity index (χ3n) is 1.88. The summed E-state index contributed by atoms with van der Waals surface area (Å²) in [6.45, 7) is 0. The molecule has 78 valence electrons. The van der Waals surface area contributed by atoms with Gasteiger partial charge in [-0.3, -0.25) is 14.1 Å². The lowest BCUT2D eigenvalue weighted by Gasteiger charge is -2.10. The molecule has 0 fully saturated rings. The Kier molecular flexibility index (Phi) is 2.35. The fourth-order valence-corrected chi connectivity index (χ4v) is 1.57. The largest absolute Gasteiger partial charge is 0.325 e. The molecule has 0 aliphatic carbocycles. The fourth-order valence-electron chi connectivity index (χ4n) is 1.30. The minimum atomic E-state index is -2.65. The van der Waals surface area contributed by atoms with Gasteiger partial charge < -0.3 is 0 Å². The summed E-state index contributed by atoms with van der Waals surface area (Å²) in [5, 5.41) is 0.522. The van der Waals surface area contributed by atoms with Gasteiger partial charge in [-0.1, -0.05) is 12.1 Å². The van der Waals surface area contributed by atoms with Gasteiger partial charge >= 0.3 is 17.3 Å². The van der Waals surface area contributed by atoms with Gasteiger partial charge in [0.05, 0.1) is 11.3 Å². The lowest BCUT2D eigenvalue weighted by Crippen LogP contribution is -2.30. The van der Waals surface area contributed by atoms with Gasteiger partial charge in [0.2, 0.25) is 0 Å². The first-order valence-corrected chi connectivity index (χ1v) is 4.91. The number of benzene rings is 1. The molecule has 1 aliphatic heterocycles. The highest BCUT2D eigenvalue weighted by atomic mass is 32.2. The first-order chi connectivity index (χ1) is 7.11. The number of hydroxylamine groups is 1. The minimum absolute atomic E-state index is 0.160. The molecule has 15 heavy (non-hydrogen) atoms. The molecule has 0 saturated carbocycles. The molecule has 0 spiro atoms. The highest BCUT2D eigenvalue weighted by Gasteiger charge is 2.37. The highest BCUT2D eigenvalue weighted by molar-refractivity contribution is 7.74. The van der Waals surface area contributed by atoms with Crippen LogP contribution in [0.1, 0.15) is 10.4 Å². The van der Waals surface area contributed by atoms with Crippen LogP contribution in [0.15, 0.2) is 24.3 Å². The van der Waals surface area contributed by atoms with Crippen LogP contribution in [0.5, 0.6) is 0 Å². The van der Waals surface area contributed by atoms with Gasteiger partial charge in [0.25, 0.3) is 5.78 Å². The Morgan fingerprint density at radius 2 is 1.93 bits per heavy atom. The first-order valence-electron chi connectivity index (χ1n) is 3.88. The maximum absolute atomic E-state index is 11.3. The van der Waals surface area contributed by atoms with E-state index in [0.29, 0.717) is 5.06 Å². The average molecular weight is 227 g/mol. The molecule has 1 aromatic carbocycles. The zero-order valence-electron chi connectivity index (χ0n) is 7.25. The molecule has 1 aliphatic rings. The average Bonchev–Trinajstić information content (AvgIpc) is 2.44. The maximum Gasteiger partial charge on any atom is 0.325 e. The summed E-state index contributed by atoms with van der Waals surface area (Å²) in [5.41, 5.74) is 0.336. The van der Waals surface area contributed by atoms with E-state index in [4.69, 9.17) is 4.55 Å². The predicted octanol–water partition coefficient (Wildman–Crippen LogP) is 0.284. The third-order valence-corrected chi connectivity index (χ3v) is 2.16. The van der Waals surface area contributed by atoms with Crippen molar-refractivity contribution in [3.8, 4) is 0 Å². The summed E-state index contributed by atoms with van der Waals surface area (Å²) in [6.07, 6.45) is 0. The van der Waals surface area contributed by atoms with Crippen LogP contribution in [0, 0.1) is 0 Å². The fraction of sp³-hybridized carbons (Fsp3) is 0. The van der Waals surface area contributed by atoms with E-state index in [1.807, 2.05) is 0 Å². The second kappa shape index (κ2) is 3.54. The second-order valence-corrected chi connectivity index (χ2v) is 3.32. The van der Waals surface area contributed by atoms with Crippen LogP contribution in [0.25, 0.3) is 0 Å². The van der Waals surface area contributed by atoms with Crippen LogP contribution >= 0.6 is 0 Å². The third kappa shape index (κ3) is 1.56. The van der Waals surface area contributed by atoms with Gasteiger partial charge in [-0.15, -0.1) is 4.28 Å². The zero-order chi connectivity index (χ0) is 11.0. The highest BCUT2D eigenvalue weighted by Crippen LogP contribution is 2.28. The number of ketones is 1. The normalized spacial score (nSPS) is 16.7. The van der Waals surface area contributed by atoms with Gasteiger partial charge in [-0.25, -0.2) is 0 Å². The van der Waals surface area contributed by atoms with Crippen molar-refractivity contribution in [3.63, 3.8) is 0 Å². The van der Waals surface area contributed by atoms with Crippen LogP contribution in [-0.2, 0) is 20.4 Å². The second-order valence-electron chi connectivity index (χ2n) is 2.74. The molecule has 1 atom stereocenters. The minimum Gasteiger partial charge on any atom is -0.283 e. The van der Waals surface area contributed by atoms with Crippen LogP contribution in [0.3, 0.4) is 0 Å². The number of nitrogens with zero attached hydrogens (tertiary/aromatic N) is 1. The number of Topliss-reactive ketones (excluding diaryl/α,β-unsaturated/α-hetero) is 1. The monoisotopic (exact) mass is 227 g/mol. The number of carbonyl (C=O) groups excluding carboxylic acids is 2. The summed E-state index contributed by atoms with van der Waals surface area (Å²) in [4.78, 5) is 22.6. The number of hydrogen-bond acceptors (Lipinski definition) is 4. The van der Waals surface area contributed by atoms with Gasteiger partial charge in [0, 0.05) is 0 Å². The van der Waals surface area contributed by atoms with Crippen LogP contribution < -0.4 is 5.06 Å². The Morgan fingerprint density at radius 3 is 2.60 bits per heavy atom. The molecule has 0 saturated heterocycles. The van der Waals surface area contributed by atoms with Crippen molar-refractivity contribution in [2.24, 2.45) is 0 Å². The summed E-state index contributed by atoms with van der Waals surface area (Å²) in [7, 11) is 0. The van der Waals surface area contributed by atoms with Crippen molar-refractivity contribution in [2.75, 3.05) is 5.06 Å². The number of carbonyl (C=O) groups is 2. The van der Waals surface area contributed by atoms with E-state index in [0.717, 1.165) is 0 Å². The van der Waals surface area contributed by atoms with Crippen molar-refractivity contribution in [1.82, 2.24) is 0 Å². The van der Waals surface area contributed by atoms with Crippen LogP contribution in [0.4, 0.5) is 5.69 Å². The summed E-state index contributed by atoms with van der Waals surface area (Å²) < 4.78 is 23.2. The standard InChI is InChI=1S/C8H5NO5S/c10-7-5-3-1-2-4-6(5)9(8(7)11)14-15(12)13/h1-4H,(H,12,13). The molecule has 1 amide bonds. The molecule has 2 rings (SSSR count). The SMILES string of the molecule is O=C1C(=O)N(OS(=O)O)c2ccccc21. The number of rotatable bonds is 2. The molecule has 0 aromatic heterocycles. The van der Waals surface area contributed by atoms with Gasteiger partial charge in [-0.2, -0.15) is 9.27 Å². The lowest BCUT2D eigenvalue weighted by molar-refractivity contribution is -0.117. The number of para-hydroxylation sites is 1. The van der Waals surface area contributed by atoms with Crippen molar-refractivity contribution < 1.29 is 22.6 Å². The van der Waals surface area contributed by atoms with Crippen LogP contribution in [0.2, 0.25) is 0 Å². The predicted molar refractivity (Wildman–Crippen MR) is 50.1 cm³/mol. The Labute approximate surface area is 86.9 Å². The lowest BCUT2D eigenvalue weighted by atomic mass is 10.1. The number of amides is 1. The Balaban J connectivity index is 2.47. The number of hydrogen-bond donors (Lipinski definition) is 1. The molecule has 0 bridgehead atoms. The number of fused-ring (bicyclic) bond motifs is 1. The molecule has 1 heterocycles. The molecule has 6 nitrogen and oxygen atoms in total. The first kappa shape index (κ1) is 9.97. The molecular formula is C8H5NO5S. The van der Waals surface area contributed by atoms with Gasteiger partial charge in [-0.05, 0) is 12.1 Å². The summed E-state index contributed by atoms with van der Waals surface area (Å²) in [6, 6.07) is 6.06. The Morgan fingerprint density at radius 1 is 1.27 bits per heavy atom. The van der Waals surface area contributed by atoms with Crippen molar-refractivity contribution in [1.29, 1.82) is 0 Å². The Hall–Kier alpha value is -1.57. The molecule has 1 aromatic rings. The maximum atomic E-state index is 11.3. The smallest absolute Gasteiger partial charge is 0.283 e. The van der Waals surface area contributed by atoms with E-state index in [2.05, 4.69) is 4.28 Å². The summed E-state index contributed by atoms with van der Waals surface area (Å²) in [5.74, 6) is -1.73. The molecular weight excluding hydrogens is 222 g/mol. The van der Waals surface area contributed by atoms with Gasteiger partial charge in [0.1, 0.15) is 0 Å². The van der Waals surface area contributed by atoms with Gasteiger partial charge in [0.15, 0.2) is 0 Å².